The van der Waals surface area contributed by atoms with Crippen molar-refractivity contribution in [3.8, 4) is 12.3 Å². The van der Waals surface area contributed by atoms with Gasteiger partial charge in [0.25, 0.3) is 0 Å². The second-order valence-corrected chi connectivity index (χ2v) is 4.32. The zero-order chi connectivity index (χ0) is 13.7. The second kappa shape index (κ2) is 6.05. The standard InChI is InChI=1S/C15H15NO3/c1-2-3-5-10-14(17)16-13(11-19-15(16)18)12-8-6-4-7-9-12/h1,4,6-9,13H,3,5,10-11H2. The predicted octanol–water partition coefficient (Wildman–Crippen LogP) is 2.51. The van der Waals surface area contributed by atoms with Crippen molar-refractivity contribution in [2.75, 3.05) is 6.61 Å². The molecule has 1 aliphatic rings. The lowest BCUT2D eigenvalue weighted by Gasteiger charge is -2.19. The average Bonchev–Trinajstić information content (AvgIpc) is 2.82. The fourth-order valence-corrected chi connectivity index (χ4v) is 2.08. The van der Waals surface area contributed by atoms with Crippen LogP contribution < -0.4 is 0 Å². The van der Waals surface area contributed by atoms with Gasteiger partial charge in [-0.25, -0.2) is 9.69 Å². The molecule has 0 spiro atoms. The first kappa shape index (κ1) is 13.2. The Bertz CT molecular complexity index is 504. The van der Waals surface area contributed by atoms with E-state index in [-0.39, 0.29) is 25.0 Å². The third-order valence-corrected chi connectivity index (χ3v) is 3.04. The summed E-state index contributed by atoms with van der Waals surface area (Å²) >= 11 is 0. The van der Waals surface area contributed by atoms with Crippen LogP contribution in [0.15, 0.2) is 30.3 Å². The van der Waals surface area contributed by atoms with Gasteiger partial charge < -0.3 is 4.74 Å². The summed E-state index contributed by atoms with van der Waals surface area (Å²) in [6.45, 7) is 0.212. The maximum absolute atomic E-state index is 12.1. The number of cyclic esters (lactones) is 1. The Labute approximate surface area is 112 Å². The normalized spacial score (nSPS) is 17.9. The molecule has 0 aliphatic carbocycles. The van der Waals surface area contributed by atoms with Gasteiger partial charge >= 0.3 is 6.09 Å². The molecule has 0 N–H and O–H groups in total. The van der Waals surface area contributed by atoms with E-state index in [0.29, 0.717) is 12.8 Å². The molecule has 19 heavy (non-hydrogen) atoms. The molecule has 4 nitrogen and oxygen atoms in total. The molecule has 0 bridgehead atoms. The molecule has 98 valence electrons. The summed E-state index contributed by atoms with van der Waals surface area (Å²) in [4.78, 5) is 24.9. The summed E-state index contributed by atoms with van der Waals surface area (Å²) in [7, 11) is 0. The van der Waals surface area contributed by atoms with Crippen molar-refractivity contribution in [2.45, 2.75) is 25.3 Å². The Hall–Kier alpha value is -2.28. The first-order chi connectivity index (χ1) is 9.24. The highest BCUT2D eigenvalue weighted by molar-refractivity contribution is 5.93. The van der Waals surface area contributed by atoms with E-state index >= 15 is 0 Å². The highest BCUT2D eigenvalue weighted by atomic mass is 16.6. The van der Waals surface area contributed by atoms with E-state index in [2.05, 4.69) is 5.92 Å². The van der Waals surface area contributed by atoms with Crippen LogP contribution in [0.2, 0.25) is 0 Å². The minimum Gasteiger partial charge on any atom is -0.446 e. The van der Waals surface area contributed by atoms with Gasteiger partial charge in [0.1, 0.15) is 12.6 Å². The predicted molar refractivity (Wildman–Crippen MR) is 70.1 cm³/mol. The maximum atomic E-state index is 12.1. The first-order valence-electron chi connectivity index (χ1n) is 6.21. The van der Waals surface area contributed by atoms with E-state index in [9.17, 15) is 9.59 Å². The average molecular weight is 257 g/mol. The lowest BCUT2D eigenvalue weighted by Crippen LogP contribution is -2.33. The Morgan fingerprint density at radius 1 is 1.42 bits per heavy atom. The summed E-state index contributed by atoms with van der Waals surface area (Å²) in [6, 6.07) is 9.08. The van der Waals surface area contributed by atoms with Crippen LogP contribution in [0.25, 0.3) is 0 Å². The molecule has 1 aromatic rings. The Morgan fingerprint density at radius 3 is 2.84 bits per heavy atom. The number of imide groups is 1. The molecule has 2 rings (SSSR count). The highest BCUT2D eigenvalue weighted by Crippen LogP contribution is 2.28. The van der Waals surface area contributed by atoms with Gasteiger partial charge in [-0.1, -0.05) is 30.3 Å². The van der Waals surface area contributed by atoms with Gasteiger partial charge in [0, 0.05) is 12.8 Å². The van der Waals surface area contributed by atoms with Crippen molar-refractivity contribution in [1.29, 1.82) is 0 Å². The maximum Gasteiger partial charge on any atom is 0.417 e. The summed E-state index contributed by atoms with van der Waals surface area (Å²) in [6.07, 6.45) is 5.96. The second-order valence-electron chi connectivity index (χ2n) is 4.32. The number of terminal acetylenes is 1. The molecule has 1 fully saturated rings. The SMILES string of the molecule is C#CCCCC(=O)N1C(=O)OCC1c1ccccc1. The van der Waals surface area contributed by atoms with Crippen molar-refractivity contribution >= 4 is 12.0 Å². The molecule has 0 aromatic heterocycles. The van der Waals surface area contributed by atoms with Gasteiger partial charge in [0.15, 0.2) is 0 Å². The van der Waals surface area contributed by atoms with Crippen molar-refractivity contribution < 1.29 is 14.3 Å². The summed E-state index contributed by atoms with van der Waals surface area (Å²) < 4.78 is 4.99. The molecule has 0 saturated carbocycles. The molecule has 1 atom stereocenters. The van der Waals surface area contributed by atoms with Crippen LogP contribution >= 0.6 is 0 Å². The van der Waals surface area contributed by atoms with E-state index in [1.54, 1.807) is 0 Å². The smallest absolute Gasteiger partial charge is 0.417 e. The number of amides is 2. The number of benzene rings is 1. The van der Waals surface area contributed by atoms with Crippen LogP contribution in [0.1, 0.15) is 30.9 Å². The van der Waals surface area contributed by atoms with Gasteiger partial charge in [-0.15, -0.1) is 12.3 Å². The van der Waals surface area contributed by atoms with Crippen molar-refractivity contribution in [1.82, 2.24) is 4.90 Å². The minimum absolute atomic E-state index is 0.212. The number of carbonyl (C=O) groups excluding carboxylic acids is 2. The molecular formula is C15H15NO3. The van der Waals surface area contributed by atoms with E-state index in [1.165, 1.54) is 4.90 Å². The largest absolute Gasteiger partial charge is 0.446 e. The van der Waals surface area contributed by atoms with Crippen molar-refractivity contribution in [2.24, 2.45) is 0 Å². The van der Waals surface area contributed by atoms with Crippen LogP contribution in [-0.4, -0.2) is 23.5 Å². The van der Waals surface area contributed by atoms with Crippen LogP contribution in [0.5, 0.6) is 0 Å². The Balaban J connectivity index is 2.10. The third kappa shape index (κ3) is 2.94. The van der Waals surface area contributed by atoms with Crippen molar-refractivity contribution in [3.63, 3.8) is 0 Å². The topological polar surface area (TPSA) is 46.6 Å². The minimum atomic E-state index is -0.570. The first-order valence-corrected chi connectivity index (χ1v) is 6.21. The Kier molecular flexibility index (Phi) is 4.19. The molecule has 0 radical (unpaired) electrons. The van der Waals surface area contributed by atoms with Gasteiger partial charge in [-0.05, 0) is 12.0 Å². The Morgan fingerprint density at radius 2 is 2.16 bits per heavy atom. The molecule has 2 amide bonds. The van der Waals surface area contributed by atoms with Gasteiger partial charge in [-0.2, -0.15) is 0 Å². The van der Waals surface area contributed by atoms with Crippen LogP contribution in [0.4, 0.5) is 4.79 Å². The van der Waals surface area contributed by atoms with Crippen LogP contribution in [-0.2, 0) is 9.53 Å². The van der Waals surface area contributed by atoms with E-state index in [4.69, 9.17) is 11.2 Å². The number of hydrogen-bond acceptors (Lipinski definition) is 3. The molecule has 1 unspecified atom stereocenters. The molecule has 1 saturated heterocycles. The third-order valence-electron chi connectivity index (χ3n) is 3.04. The van der Waals surface area contributed by atoms with Crippen LogP contribution in [0.3, 0.4) is 0 Å². The summed E-state index contributed by atoms with van der Waals surface area (Å²) in [5, 5.41) is 0. The van der Waals surface area contributed by atoms with E-state index in [1.807, 2.05) is 30.3 Å². The van der Waals surface area contributed by atoms with Gasteiger partial charge in [-0.3, -0.25) is 4.79 Å². The lowest BCUT2D eigenvalue weighted by molar-refractivity contribution is -0.129. The van der Waals surface area contributed by atoms with Crippen molar-refractivity contribution in [3.05, 3.63) is 35.9 Å². The van der Waals surface area contributed by atoms with Gasteiger partial charge in [0.05, 0.1) is 0 Å². The molecular weight excluding hydrogens is 242 g/mol. The monoisotopic (exact) mass is 257 g/mol. The quantitative estimate of drug-likeness (QED) is 0.615. The number of ether oxygens (including phenoxy) is 1. The van der Waals surface area contributed by atoms with Gasteiger partial charge in [0.2, 0.25) is 5.91 Å². The molecule has 4 heteroatoms. The summed E-state index contributed by atoms with van der Waals surface area (Å²) in [5.74, 6) is 2.25. The number of carbonyl (C=O) groups is 2. The zero-order valence-corrected chi connectivity index (χ0v) is 10.5. The van der Waals surface area contributed by atoms with E-state index < -0.39 is 6.09 Å². The lowest BCUT2D eigenvalue weighted by atomic mass is 10.1. The summed E-state index contributed by atoms with van der Waals surface area (Å²) in [5.41, 5.74) is 0.902. The highest BCUT2D eigenvalue weighted by Gasteiger charge is 2.38. The number of rotatable bonds is 4. The molecule has 1 heterocycles. The van der Waals surface area contributed by atoms with E-state index in [0.717, 1.165) is 5.56 Å². The number of unbranched alkanes of at least 4 members (excludes halogenated alkanes) is 1. The number of hydrogen-bond donors (Lipinski definition) is 0. The fourth-order valence-electron chi connectivity index (χ4n) is 2.08. The fraction of sp³-hybridized carbons (Fsp3) is 0.333. The molecule has 1 aromatic carbocycles. The molecule has 1 aliphatic heterocycles. The number of nitrogens with zero attached hydrogens (tertiary/aromatic N) is 1. The zero-order valence-electron chi connectivity index (χ0n) is 10.5. The van der Waals surface area contributed by atoms with Crippen LogP contribution in [0, 0.1) is 12.3 Å².